The van der Waals surface area contributed by atoms with Gasteiger partial charge < -0.3 is 0 Å². The molecule has 0 N–H and O–H groups in total. The third-order valence-electron chi connectivity index (χ3n) is 4.74. The number of hydrogen-bond acceptors (Lipinski definition) is 2. The molecule has 1 saturated heterocycles. The summed E-state index contributed by atoms with van der Waals surface area (Å²) < 4.78 is 0. The maximum atomic E-state index is 12.5. The van der Waals surface area contributed by atoms with E-state index in [1.54, 1.807) is 0 Å². The van der Waals surface area contributed by atoms with Crippen molar-refractivity contribution in [2.24, 2.45) is 11.3 Å². The molecule has 0 radical (unpaired) electrons. The first-order chi connectivity index (χ1) is 9.39. The summed E-state index contributed by atoms with van der Waals surface area (Å²) in [6, 6.07) is 9.66. The van der Waals surface area contributed by atoms with Crippen molar-refractivity contribution in [3.8, 4) is 0 Å². The Balaban J connectivity index is 1.95. The normalized spacial score (nSPS) is 19.8. The monoisotopic (exact) mass is 273 g/mol. The number of ketones is 1. The van der Waals surface area contributed by atoms with Crippen LogP contribution in [-0.2, 0) is 0 Å². The minimum Gasteiger partial charge on any atom is -0.293 e. The molecule has 0 aliphatic carbocycles. The molecule has 1 fully saturated rings. The highest BCUT2D eigenvalue weighted by Crippen LogP contribution is 2.34. The third kappa shape index (κ3) is 3.49. The van der Waals surface area contributed by atoms with E-state index in [2.05, 4.69) is 25.7 Å². The van der Waals surface area contributed by atoms with Crippen LogP contribution in [0.15, 0.2) is 30.3 Å². The Labute approximate surface area is 123 Å². The summed E-state index contributed by atoms with van der Waals surface area (Å²) >= 11 is 0. The van der Waals surface area contributed by atoms with Gasteiger partial charge in [0, 0.05) is 5.56 Å². The predicted molar refractivity (Wildman–Crippen MR) is 84.0 cm³/mol. The van der Waals surface area contributed by atoms with Gasteiger partial charge in [0.1, 0.15) is 0 Å². The van der Waals surface area contributed by atoms with Gasteiger partial charge in [-0.2, -0.15) is 0 Å². The van der Waals surface area contributed by atoms with E-state index in [4.69, 9.17) is 0 Å². The molecule has 0 saturated carbocycles. The number of Topliss-reactive ketones (excluding diaryl/α,β-unsaturated/α-hetero) is 1. The number of likely N-dealkylation sites (tertiary alicyclic amines) is 1. The number of nitrogens with zero attached hydrogens (tertiary/aromatic N) is 1. The Morgan fingerprint density at radius 3 is 2.20 bits per heavy atom. The van der Waals surface area contributed by atoms with Crippen LogP contribution in [0.2, 0.25) is 0 Å². The molecule has 110 valence electrons. The van der Waals surface area contributed by atoms with E-state index in [-0.39, 0.29) is 11.8 Å². The van der Waals surface area contributed by atoms with Gasteiger partial charge in [-0.25, -0.2) is 0 Å². The minimum atomic E-state index is -0.00156. The molecule has 2 rings (SSSR count). The molecule has 1 aromatic carbocycles. The lowest BCUT2D eigenvalue weighted by molar-refractivity contribution is 0.0660. The fourth-order valence-corrected chi connectivity index (χ4v) is 3.16. The second-order valence-corrected chi connectivity index (χ2v) is 7.08. The van der Waals surface area contributed by atoms with Gasteiger partial charge in [-0.05, 0) is 44.2 Å². The first-order valence-electron chi connectivity index (χ1n) is 7.73. The van der Waals surface area contributed by atoms with Gasteiger partial charge in [-0.15, -0.1) is 0 Å². The number of hydrogen-bond donors (Lipinski definition) is 0. The summed E-state index contributed by atoms with van der Waals surface area (Å²) in [4.78, 5) is 14.8. The zero-order chi connectivity index (χ0) is 14.8. The van der Waals surface area contributed by atoms with Crippen LogP contribution in [0.5, 0.6) is 0 Å². The van der Waals surface area contributed by atoms with E-state index >= 15 is 0 Å². The fraction of sp³-hybridized carbons (Fsp3) is 0.611. The fourth-order valence-electron chi connectivity index (χ4n) is 3.16. The van der Waals surface area contributed by atoms with Crippen molar-refractivity contribution in [3.63, 3.8) is 0 Å². The zero-order valence-electron chi connectivity index (χ0n) is 13.2. The van der Waals surface area contributed by atoms with Crippen molar-refractivity contribution in [1.29, 1.82) is 0 Å². The number of carbonyl (C=O) groups excluding carboxylic acids is 1. The molecule has 1 aromatic rings. The van der Waals surface area contributed by atoms with Crippen molar-refractivity contribution in [1.82, 2.24) is 4.90 Å². The average molecular weight is 273 g/mol. The van der Waals surface area contributed by atoms with Crippen LogP contribution >= 0.6 is 0 Å². The van der Waals surface area contributed by atoms with Crippen LogP contribution in [0.3, 0.4) is 0 Å². The van der Waals surface area contributed by atoms with Crippen molar-refractivity contribution >= 4 is 5.78 Å². The van der Waals surface area contributed by atoms with E-state index in [1.165, 1.54) is 12.8 Å². The van der Waals surface area contributed by atoms with Crippen LogP contribution in [-0.4, -0.2) is 29.8 Å². The average Bonchev–Trinajstić information content (AvgIpc) is 2.46. The van der Waals surface area contributed by atoms with Gasteiger partial charge >= 0.3 is 0 Å². The molecule has 2 nitrogen and oxygen atoms in total. The second kappa shape index (κ2) is 6.09. The van der Waals surface area contributed by atoms with Crippen LogP contribution in [0.1, 0.15) is 50.9 Å². The lowest BCUT2D eigenvalue weighted by Crippen LogP contribution is -2.45. The summed E-state index contributed by atoms with van der Waals surface area (Å²) in [6.07, 6.45) is 2.41. The topological polar surface area (TPSA) is 20.3 Å². The predicted octanol–water partition coefficient (Wildman–Crippen LogP) is 4.02. The molecule has 1 heterocycles. The molecular weight excluding hydrogens is 246 g/mol. The van der Waals surface area contributed by atoms with E-state index < -0.39 is 0 Å². The van der Waals surface area contributed by atoms with Crippen molar-refractivity contribution in [2.75, 3.05) is 13.1 Å². The summed E-state index contributed by atoms with van der Waals surface area (Å²) in [6.45, 7) is 11.1. The van der Waals surface area contributed by atoms with E-state index in [0.717, 1.165) is 24.6 Å². The molecule has 1 atom stereocenters. The number of piperidine rings is 1. The zero-order valence-corrected chi connectivity index (χ0v) is 13.2. The summed E-state index contributed by atoms with van der Waals surface area (Å²) in [5.41, 5.74) is 1.22. The quantitative estimate of drug-likeness (QED) is 0.775. The van der Waals surface area contributed by atoms with Gasteiger partial charge in [-0.1, -0.05) is 51.1 Å². The maximum absolute atomic E-state index is 12.5. The maximum Gasteiger partial charge on any atom is 0.179 e. The molecule has 0 bridgehead atoms. The Morgan fingerprint density at radius 2 is 1.70 bits per heavy atom. The molecule has 20 heavy (non-hydrogen) atoms. The first kappa shape index (κ1) is 15.2. The van der Waals surface area contributed by atoms with Gasteiger partial charge in [-0.3, -0.25) is 9.69 Å². The van der Waals surface area contributed by atoms with Crippen LogP contribution in [0.25, 0.3) is 0 Å². The Kier molecular flexibility index (Phi) is 4.64. The molecule has 0 spiro atoms. The van der Waals surface area contributed by atoms with E-state index in [0.29, 0.717) is 5.41 Å². The summed E-state index contributed by atoms with van der Waals surface area (Å²) in [5.74, 6) is 1.03. The molecule has 1 aliphatic heterocycles. The molecule has 0 amide bonds. The first-order valence-corrected chi connectivity index (χ1v) is 7.73. The largest absolute Gasteiger partial charge is 0.293 e. The molecule has 2 heteroatoms. The van der Waals surface area contributed by atoms with E-state index in [9.17, 15) is 4.79 Å². The molecule has 1 unspecified atom stereocenters. The van der Waals surface area contributed by atoms with Crippen molar-refractivity contribution < 1.29 is 4.79 Å². The summed E-state index contributed by atoms with van der Waals surface area (Å²) in [5, 5.41) is 0. The highest BCUT2D eigenvalue weighted by atomic mass is 16.1. The Bertz CT molecular complexity index is 438. The Morgan fingerprint density at radius 1 is 1.15 bits per heavy atom. The van der Waals surface area contributed by atoms with Crippen LogP contribution in [0.4, 0.5) is 0 Å². The summed E-state index contributed by atoms with van der Waals surface area (Å²) in [7, 11) is 0. The van der Waals surface area contributed by atoms with Crippen LogP contribution in [0, 0.1) is 11.3 Å². The number of benzene rings is 1. The Hall–Kier alpha value is -1.15. The lowest BCUT2D eigenvalue weighted by Gasteiger charge is -2.40. The number of carbonyl (C=O) groups is 1. The third-order valence-corrected chi connectivity index (χ3v) is 4.74. The van der Waals surface area contributed by atoms with Gasteiger partial charge in [0.15, 0.2) is 5.78 Å². The standard InChI is InChI=1S/C18H27NO/c1-14(17(20)15-8-6-5-7-9-15)19-12-10-16(11-13-19)18(2,3)4/h5-9,14,16H,10-13H2,1-4H3. The highest BCUT2D eigenvalue weighted by Gasteiger charge is 2.32. The molecule has 0 aromatic heterocycles. The van der Waals surface area contributed by atoms with Gasteiger partial charge in [0.25, 0.3) is 0 Å². The smallest absolute Gasteiger partial charge is 0.179 e. The van der Waals surface area contributed by atoms with E-state index in [1.807, 2.05) is 37.3 Å². The lowest BCUT2D eigenvalue weighted by atomic mass is 9.75. The van der Waals surface area contributed by atoms with Crippen molar-refractivity contribution in [3.05, 3.63) is 35.9 Å². The molecule has 1 aliphatic rings. The molecular formula is C18H27NO. The van der Waals surface area contributed by atoms with Crippen molar-refractivity contribution in [2.45, 2.75) is 46.6 Å². The van der Waals surface area contributed by atoms with Gasteiger partial charge in [0.2, 0.25) is 0 Å². The minimum absolute atomic E-state index is 0.00156. The second-order valence-electron chi connectivity index (χ2n) is 7.08. The highest BCUT2D eigenvalue weighted by molar-refractivity contribution is 5.99. The van der Waals surface area contributed by atoms with Crippen LogP contribution < -0.4 is 0 Å². The number of rotatable bonds is 3. The van der Waals surface area contributed by atoms with Gasteiger partial charge in [0.05, 0.1) is 6.04 Å². The SMILES string of the molecule is CC(C(=O)c1ccccc1)N1CCC(C(C)(C)C)CC1.